The molecule has 23 heavy (non-hydrogen) atoms. The molecule has 0 saturated carbocycles. The number of amides is 1. The number of nitrogens with one attached hydrogen (secondary N) is 1. The highest BCUT2D eigenvalue weighted by Crippen LogP contribution is 2.27. The second-order valence-corrected chi connectivity index (χ2v) is 5.50. The molecule has 0 aliphatic heterocycles. The van der Waals surface area contributed by atoms with E-state index < -0.39 is 5.97 Å². The molecule has 0 fully saturated rings. The van der Waals surface area contributed by atoms with Gasteiger partial charge in [-0.3, -0.25) is 4.79 Å². The zero-order valence-electron chi connectivity index (χ0n) is 13.4. The van der Waals surface area contributed by atoms with Crippen molar-refractivity contribution in [3.63, 3.8) is 0 Å². The van der Waals surface area contributed by atoms with Gasteiger partial charge in [0.1, 0.15) is 5.76 Å². The Hall–Kier alpha value is -2.56. The van der Waals surface area contributed by atoms with E-state index in [0.717, 1.165) is 36.1 Å². The van der Waals surface area contributed by atoms with Crippen LogP contribution in [-0.4, -0.2) is 17.0 Å². The van der Waals surface area contributed by atoms with Crippen molar-refractivity contribution in [2.24, 2.45) is 0 Å². The molecule has 1 heterocycles. The van der Waals surface area contributed by atoms with Gasteiger partial charge in [0.2, 0.25) is 11.7 Å². The Morgan fingerprint density at radius 1 is 1.17 bits per heavy atom. The lowest BCUT2D eigenvalue weighted by molar-refractivity contribution is -0.116. The van der Waals surface area contributed by atoms with Crippen molar-refractivity contribution in [3.8, 4) is 11.3 Å². The predicted octanol–water partition coefficient (Wildman–Crippen LogP) is 4.47. The first-order valence-corrected chi connectivity index (χ1v) is 7.75. The third-order valence-electron chi connectivity index (χ3n) is 3.62. The first-order valence-electron chi connectivity index (χ1n) is 7.75. The summed E-state index contributed by atoms with van der Waals surface area (Å²) in [5.41, 5.74) is 2.40. The van der Waals surface area contributed by atoms with Crippen molar-refractivity contribution in [3.05, 3.63) is 41.7 Å². The summed E-state index contributed by atoms with van der Waals surface area (Å²) < 4.78 is 5.30. The van der Waals surface area contributed by atoms with Gasteiger partial charge in [-0.05, 0) is 37.1 Å². The van der Waals surface area contributed by atoms with Crippen molar-refractivity contribution in [1.29, 1.82) is 0 Å². The van der Waals surface area contributed by atoms with Crippen LogP contribution in [0.5, 0.6) is 0 Å². The number of aromatic carboxylic acids is 1. The molecular weight excluding hydrogens is 294 g/mol. The molecule has 0 atom stereocenters. The van der Waals surface area contributed by atoms with E-state index in [4.69, 9.17) is 9.52 Å². The molecule has 1 aromatic carbocycles. The predicted molar refractivity (Wildman–Crippen MR) is 88.6 cm³/mol. The molecule has 0 spiro atoms. The van der Waals surface area contributed by atoms with Crippen LogP contribution in [0.1, 0.15) is 48.7 Å². The van der Waals surface area contributed by atoms with Gasteiger partial charge in [-0.1, -0.05) is 31.9 Å². The fraction of sp³-hybridized carbons (Fsp3) is 0.333. The van der Waals surface area contributed by atoms with Crippen LogP contribution in [0.3, 0.4) is 0 Å². The average Bonchev–Trinajstić information content (AvgIpc) is 3.00. The Bertz CT molecular complexity index is 703. The van der Waals surface area contributed by atoms with E-state index in [9.17, 15) is 9.59 Å². The van der Waals surface area contributed by atoms with E-state index in [1.54, 1.807) is 12.1 Å². The Morgan fingerprint density at radius 2 is 1.96 bits per heavy atom. The van der Waals surface area contributed by atoms with Gasteiger partial charge in [0.25, 0.3) is 0 Å². The van der Waals surface area contributed by atoms with Gasteiger partial charge < -0.3 is 14.8 Å². The topological polar surface area (TPSA) is 79.5 Å². The molecule has 0 aliphatic carbocycles. The Labute approximate surface area is 135 Å². The zero-order valence-corrected chi connectivity index (χ0v) is 13.4. The van der Waals surface area contributed by atoms with Gasteiger partial charge in [0.15, 0.2) is 0 Å². The van der Waals surface area contributed by atoms with Crippen molar-refractivity contribution in [1.82, 2.24) is 0 Å². The SMILES string of the molecule is CCCCCC(=O)Nc1cc(-c2ccc(C(=O)O)o2)ccc1C. The lowest BCUT2D eigenvalue weighted by atomic mass is 10.1. The number of carbonyl (C=O) groups is 2. The molecule has 0 aliphatic rings. The highest BCUT2D eigenvalue weighted by molar-refractivity contribution is 5.92. The lowest BCUT2D eigenvalue weighted by Crippen LogP contribution is -2.12. The first kappa shape index (κ1) is 16.8. The van der Waals surface area contributed by atoms with Gasteiger partial charge in [-0.25, -0.2) is 4.79 Å². The van der Waals surface area contributed by atoms with Crippen LogP contribution in [0, 0.1) is 6.92 Å². The van der Waals surface area contributed by atoms with Gasteiger partial charge in [-0.15, -0.1) is 0 Å². The number of unbranched alkanes of at least 4 members (excludes halogenated alkanes) is 2. The van der Waals surface area contributed by atoms with Crippen molar-refractivity contribution < 1.29 is 19.1 Å². The minimum Gasteiger partial charge on any atom is -0.475 e. The number of benzene rings is 1. The quantitative estimate of drug-likeness (QED) is 0.739. The van der Waals surface area contributed by atoms with Crippen LogP contribution in [-0.2, 0) is 4.79 Å². The van der Waals surface area contributed by atoms with Gasteiger partial charge >= 0.3 is 5.97 Å². The first-order chi connectivity index (χ1) is 11.0. The van der Waals surface area contributed by atoms with Crippen LogP contribution < -0.4 is 5.32 Å². The Morgan fingerprint density at radius 3 is 2.61 bits per heavy atom. The highest BCUT2D eigenvalue weighted by atomic mass is 16.4. The number of rotatable bonds is 7. The van der Waals surface area contributed by atoms with Crippen molar-refractivity contribution in [2.45, 2.75) is 39.5 Å². The number of hydrogen-bond acceptors (Lipinski definition) is 3. The zero-order chi connectivity index (χ0) is 16.8. The molecule has 0 unspecified atom stereocenters. The van der Waals surface area contributed by atoms with Crippen LogP contribution in [0.15, 0.2) is 34.7 Å². The van der Waals surface area contributed by atoms with E-state index in [1.807, 2.05) is 19.1 Å². The molecule has 5 heteroatoms. The summed E-state index contributed by atoms with van der Waals surface area (Å²) in [6.07, 6.45) is 3.49. The second-order valence-electron chi connectivity index (χ2n) is 5.50. The van der Waals surface area contributed by atoms with E-state index in [0.29, 0.717) is 12.2 Å². The summed E-state index contributed by atoms with van der Waals surface area (Å²) in [7, 11) is 0. The summed E-state index contributed by atoms with van der Waals surface area (Å²) in [6.45, 7) is 4.01. The molecule has 0 bridgehead atoms. The minimum absolute atomic E-state index is 0.00984. The highest BCUT2D eigenvalue weighted by Gasteiger charge is 2.12. The van der Waals surface area contributed by atoms with Crippen molar-refractivity contribution >= 4 is 17.6 Å². The molecule has 5 nitrogen and oxygen atoms in total. The molecule has 2 rings (SSSR count). The molecule has 1 aromatic heterocycles. The van der Waals surface area contributed by atoms with E-state index in [-0.39, 0.29) is 11.7 Å². The molecule has 1 amide bonds. The fourth-order valence-corrected chi connectivity index (χ4v) is 2.27. The Kier molecular flexibility index (Phi) is 5.57. The third-order valence-corrected chi connectivity index (χ3v) is 3.62. The van der Waals surface area contributed by atoms with E-state index >= 15 is 0 Å². The van der Waals surface area contributed by atoms with Crippen LogP contribution in [0.4, 0.5) is 5.69 Å². The summed E-state index contributed by atoms with van der Waals surface area (Å²) >= 11 is 0. The smallest absolute Gasteiger partial charge is 0.371 e. The number of anilines is 1. The number of furan rings is 1. The lowest BCUT2D eigenvalue weighted by Gasteiger charge is -2.10. The Balaban J connectivity index is 2.14. The summed E-state index contributed by atoms with van der Waals surface area (Å²) in [6, 6.07) is 8.55. The van der Waals surface area contributed by atoms with Gasteiger partial charge in [-0.2, -0.15) is 0 Å². The van der Waals surface area contributed by atoms with E-state index in [2.05, 4.69) is 12.2 Å². The summed E-state index contributed by atoms with van der Waals surface area (Å²) in [4.78, 5) is 22.9. The molecule has 2 N–H and O–H groups in total. The number of hydrogen-bond donors (Lipinski definition) is 2. The molecular formula is C18H21NO4. The average molecular weight is 315 g/mol. The second kappa shape index (κ2) is 7.63. The van der Waals surface area contributed by atoms with E-state index in [1.165, 1.54) is 6.07 Å². The third kappa shape index (κ3) is 4.45. The minimum atomic E-state index is -1.10. The van der Waals surface area contributed by atoms with Crippen LogP contribution >= 0.6 is 0 Å². The maximum absolute atomic E-state index is 12.0. The maximum Gasteiger partial charge on any atom is 0.371 e. The monoisotopic (exact) mass is 315 g/mol. The molecule has 0 saturated heterocycles. The van der Waals surface area contributed by atoms with Crippen molar-refractivity contribution in [2.75, 3.05) is 5.32 Å². The summed E-state index contributed by atoms with van der Waals surface area (Å²) in [5.74, 6) is -0.758. The number of carboxylic acids is 1. The summed E-state index contributed by atoms with van der Waals surface area (Å²) in [5, 5.41) is 11.8. The largest absolute Gasteiger partial charge is 0.475 e. The van der Waals surface area contributed by atoms with Gasteiger partial charge in [0, 0.05) is 17.7 Å². The number of carbonyl (C=O) groups excluding carboxylic acids is 1. The van der Waals surface area contributed by atoms with Crippen LogP contribution in [0.2, 0.25) is 0 Å². The molecule has 0 radical (unpaired) electrons. The standard InChI is InChI=1S/C18H21NO4/c1-3-4-5-6-17(20)19-14-11-13(8-7-12(14)2)15-9-10-16(23-15)18(21)22/h7-11H,3-6H2,1-2H3,(H,19,20)(H,21,22). The number of carboxylic acid groups (broad SMARTS) is 1. The van der Waals surface area contributed by atoms with Gasteiger partial charge in [0.05, 0.1) is 0 Å². The molecule has 122 valence electrons. The maximum atomic E-state index is 12.0. The number of aryl methyl sites for hydroxylation is 1. The molecule has 2 aromatic rings. The fourth-order valence-electron chi connectivity index (χ4n) is 2.27. The van der Waals surface area contributed by atoms with Crippen LogP contribution in [0.25, 0.3) is 11.3 Å². The normalized spacial score (nSPS) is 10.5.